The van der Waals surface area contributed by atoms with E-state index in [0.29, 0.717) is 6.42 Å². The molecule has 78 valence electrons. The Balaban J connectivity index is 0. The van der Waals surface area contributed by atoms with Crippen molar-refractivity contribution in [2.75, 3.05) is 0 Å². The number of carboxylic acid groups (broad SMARTS) is 2. The van der Waals surface area contributed by atoms with Crippen LogP contribution in [-0.4, -0.2) is 45.2 Å². The van der Waals surface area contributed by atoms with Crippen molar-refractivity contribution in [1.82, 2.24) is 0 Å². The van der Waals surface area contributed by atoms with Crippen LogP contribution in [0.1, 0.15) is 39.0 Å². The largest absolute Gasteiger partial charge is 0.481 e. The van der Waals surface area contributed by atoms with Crippen LogP contribution in [0.15, 0.2) is 0 Å². The summed E-state index contributed by atoms with van der Waals surface area (Å²) < 4.78 is 0. The molecule has 2 N–H and O–H groups in total. The molecular weight excluding hydrogens is 196 g/mol. The van der Waals surface area contributed by atoms with E-state index in [1.54, 1.807) is 0 Å². The second-order valence-corrected chi connectivity index (χ2v) is 3.08. The van der Waals surface area contributed by atoms with Crippen molar-refractivity contribution in [3.8, 4) is 0 Å². The Morgan fingerprint density at radius 1 is 1.07 bits per heavy atom. The predicted octanol–water partition coefficient (Wildman–Crippen LogP) is 1.36. The topological polar surface area (TPSA) is 74.6 Å². The maximum Gasteiger partial charge on any atom is 0.317 e. The first-order valence-corrected chi connectivity index (χ1v) is 4.55. The van der Waals surface area contributed by atoms with Crippen molar-refractivity contribution in [3.05, 3.63) is 0 Å². The first-order valence-electron chi connectivity index (χ1n) is 4.55. The highest BCUT2D eigenvalue weighted by molar-refractivity contribution is 5.92. The molecule has 0 amide bonds. The Hall–Kier alpha value is -0.294. The van der Waals surface area contributed by atoms with Crippen molar-refractivity contribution in [2.24, 2.45) is 5.92 Å². The molecule has 0 aliphatic rings. The lowest BCUT2D eigenvalue weighted by Gasteiger charge is -2.05. The van der Waals surface area contributed by atoms with Crippen molar-refractivity contribution in [1.29, 1.82) is 0 Å². The van der Waals surface area contributed by atoms with Gasteiger partial charge in [0.15, 0.2) is 5.92 Å². The van der Waals surface area contributed by atoms with Gasteiger partial charge < -0.3 is 10.2 Å². The van der Waals surface area contributed by atoms with Crippen molar-refractivity contribution in [3.63, 3.8) is 0 Å². The quantitative estimate of drug-likeness (QED) is 0.380. The standard InChI is InChI=1S/C9H16O4.Mg/c1-2-3-4-5-6-7(8(10)11)9(12)13;/h7H,2-6H2,1H3,(H,10,11)(H,12,13);. The molecule has 0 unspecified atom stereocenters. The van der Waals surface area contributed by atoms with Gasteiger partial charge in [0.05, 0.1) is 0 Å². The van der Waals surface area contributed by atoms with Crippen LogP contribution in [0.4, 0.5) is 0 Å². The van der Waals surface area contributed by atoms with Crippen molar-refractivity contribution < 1.29 is 19.8 Å². The summed E-state index contributed by atoms with van der Waals surface area (Å²) in [7, 11) is 0. The molecule has 14 heavy (non-hydrogen) atoms. The van der Waals surface area contributed by atoms with E-state index < -0.39 is 17.9 Å². The van der Waals surface area contributed by atoms with Gasteiger partial charge in [-0.1, -0.05) is 32.6 Å². The average Bonchev–Trinajstić information content (AvgIpc) is 2.02. The molecule has 4 nitrogen and oxygen atoms in total. The molecule has 0 aromatic heterocycles. The predicted molar refractivity (Wildman–Crippen MR) is 53.3 cm³/mol. The maximum atomic E-state index is 10.4. The normalized spacial score (nSPS) is 9.57. The van der Waals surface area contributed by atoms with E-state index in [1.807, 2.05) is 6.92 Å². The molecule has 0 aromatic carbocycles. The van der Waals surface area contributed by atoms with Crippen LogP contribution < -0.4 is 0 Å². The first kappa shape index (κ1) is 16.1. The minimum Gasteiger partial charge on any atom is -0.481 e. The summed E-state index contributed by atoms with van der Waals surface area (Å²) in [5.41, 5.74) is 0. The van der Waals surface area contributed by atoms with Gasteiger partial charge in [0.25, 0.3) is 0 Å². The summed E-state index contributed by atoms with van der Waals surface area (Å²) in [5, 5.41) is 17.0. The minimum absolute atomic E-state index is 0. The third-order valence-electron chi connectivity index (χ3n) is 1.94. The fraction of sp³-hybridized carbons (Fsp3) is 0.778. The maximum absolute atomic E-state index is 10.4. The van der Waals surface area contributed by atoms with Gasteiger partial charge in [-0.15, -0.1) is 0 Å². The Bertz CT molecular complexity index is 168. The van der Waals surface area contributed by atoms with Gasteiger partial charge in [-0.05, 0) is 6.42 Å². The molecule has 0 aliphatic carbocycles. The molecule has 0 aromatic rings. The van der Waals surface area contributed by atoms with E-state index >= 15 is 0 Å². The van der Waals surface area contributed by atoms with E-state index in [0.717, 1.165) is 19.3 Å². The third kappa shape index (κ3) is 7.14. The molecule has 2 radical (unpaired) electrons. The molecule has 0 saturated carbocycles. The van der Waals surface area contributed by atoms with E-state index in [-0.39, 0.29) is 29.5 Å². The second-order valence-electron chi connectivity index (χ2n) is 3.08. The highest BCUT2D eigenvalue weighted by Gasteiger charge is 2.24. The lowest BCUT2D eigenvalue weighted by molar-refractivity contribution is -0.154. The zero-order valence-electron chi connectivity index (χ0n) is 8.53. The summed E-state index contributed by atoms with van der Waals surface area (Å²) in [6.07, 6.45) is 3.92. The lowest BCUT2D eigenvalue weighted by Crippen LogP contribution is -2.23. The van der Waals surface area contributed by atoms with Gasteiger partial charge in [-0.2, -0.15) is 0 Å². The van der Waals surface area contributed by atoms with Crippen LogP contribution in [0.3, 0.4) is 0 Å². The lowest BCUT2D eigenvalue weighted by atomic mass is 10.0. The van der Waals surface area contributed by atoms with Crippen LogP contribution in [0, 0.1) is 5.92 Å². The Morgan fingerprint density at radius 2 is 1.57 bits per heavy atom. The molecule has 0 saturated heterocycles. The zero-order valence-corrected chi connectivity index (χ0v) is 9.95. The Labute approximate surface area is 99.8 Å². The van der Waals surface area contributed by atoms with E-state index in [9.17, 15) is 9.59 Å². The van der Waals surface area contributed by atoms with Crippen LogP contribution in [0.5, 0.6) is 0 Å². The Morgan fingerprint density at radius 3 is 1.93 bits per heavy atom. The number of rotatable bonds is 7. The van der Waals surface area contributed by atoms with E-state index in [1.165, 1.54) is 0 Å². The summed E-state index contributed by atoms with van der Waals surface area (Å²) >= 11 is 0. The van der Waals surface area contributed by atoms with Gasteiger partial charge in [-0.3, -0.25) is 9.59 Å². The number of hydrogen-bond donors (Lipinski definition) is 2. The smallest absolute Gasteiger partial charge is 0.317 e. The van der Waals surface area contributed by atoms with Crippen molar-refractivity contribution in [2.45, 2.75) is 39.0 Å². The van der Waals surface area contributed by atoms with Gasteiger partial charge in [0.2, 0.25) is 0 Å². The molecular formula is C9H16MgO4. The van der Waals surface area contributed by atoms with Crippen LogP contribution in [-0.2, 0) is 9.59 Å². The van der Waals surface area contributed by atoms with E-state index in [2.05, 4.69) is 0 Å². The zero-order chi connectivity index (χ0) is 10.3. The first-order chi connectivity index (χ1) is 6.09. The summed E-state index contributed by atoms with van der Waals surface area (Å²) in [5.74, 6) is -3.69. The SMILES string of the molecule is CCCCCCC(C(=O)O)C(=O)O.[Mg]. The monoisotopic (exact) mass is 212 g/mol. The highest BCUT2D eigenvalue weighted by atomic mass is 24.3. The van der Waals surface area contributed by atoms with Gasteiger partial charge in [-0.25, -0.2) is 0 Å². The number of unbranched alkanes of at least 4 members (excludes halogenated alkanes) is 3. The summed E-state index contributed by atoms with van der Waals surface area (Å²) in [4.78, 5) is 20.8. The fourth-order valence-corrected chi connectivity index (χ4v) is 1.13. The molecule has 0 atom stereocenters. The Kier molecular flexibility index (Phi) is 10.7. The molecule has 0 bridgehead atoms. The third-order valence-corrected chi connectivity index (χ3v) is 1.94. The number of carbonyl (C=O) groups is 2. The molecule has 0 aliphatic heterocycles. The van der Waals surface area contributed by atoms with Crippen LogP contribution in [0.2, 0.25) is 0 Å². The molecule has 5 heteroatoms. The van der Waals surface area contributed by atoms with Gasteiger partial charge in [0, 0.05) is 23.1 Å². The molecule has 0 heterocycles. The molecule has 0 fully saturated rings. The summed E-state index contributed by atoms with van der Waals surface area (Å²) in [6, 6.07) is 0. The highest BCUT2D eigenvalue weighted by Crippen LogP contribution is 2.11. The number of hydrogen-bond acceptors (Lipinski definition) is 2. The van der Waals surface area contributed by atoms with Gasteiger partial charge >= 0.3 is 11.9 Å². The minimum atomic E-state index is -1.23. The fourth-order valence-electron chi connectivity index (χ4n) is 1.13. The summed E-state index contributed by atoms with van der Waals surface area (Å²) in [6.45, 7) is 2.05. The van der Waals surface area contributed by atoms with Crippen LogP contribution >= 0.6 is 0 Å². The van der Waals surface area contributed by atoms with Crippen molar-refractivity contribution >= 4 is 35.0 Å². The number of carboxylic acids is 2. The molecule has 0 spiro atoms. The second kappa shape index (κ2) is 9.27. The van der Waals surface area contributed by atoms with Crippen LogP contribution in [0.25, 0.3) is 0 Å². The average molecular weight is 213 g/mol. The molecule has 0 rings (SSSR count). The number of aliphatic carboxylic acids is 2. The van der Waals surface area contributed by atoms with E-state index in [4.69, 9.17) is 10.2 Å². The van der Waals surface area contributed by atoms with Gasteiger partial charge in [0.1, 0.15) is 0 Å².